The first-order valence-electron chi connectivity index (χ1n) is 8.61. The number of aromatic nitrogens is 2. The lowest BCUT2D eigenvalue weighted by Gasteiger charge is -2.13. The SMILES string of the molecule is CN1CC[C@@](O)(C#Cc2ccc3c(c2)-n2nc(C(N)=O)cc2[C@@H](F)CO3)C1=O. The Balaban J connectivity index is 1.76. The summed E-state index contributed by atoms with van der Waals surface area (Å²) in [6.45, 7) is 0.189. The van der Waals surface area contributed by atoms with Crippen molar-refractivity contribution in [3.8, 4) is 23.3 Å². The predicted molar refractivity (Wildman–Crippen MR) is 95.5 cm³/mol. The first-order valence-corrected chi connectivity index (χ1v) is 8.61. The second-order valence-corrected chi connectivity index (χ2v) is 6.78. The number of hydrogen-bond acceptors (Lipinski definition) is 5. The van der Waals surface area contributed by atoms with Crippen molar-refractivity contribution in [2.45, 2.75) is 18.2 Å². The maximum atomic E-state index is 14.4. The molecular formula is C19H17FN4O4. The summed E-state index contributed by atoms with van der Waals surface area (Å²) in [4.78, 5) is 24.9. The molecule has 2 atom stereocenters. The van der Waals surface area contributed by atoms with Gasteiger partial charge in [0.2, 0.25) is 5.60 Å². The van der Waals surface area contributed by atoms with E-state index in [1.165, 1.54) is 15.6 Å². The zero-order chi connectivity index (χ0) is 20.1. The first kappa shape index (κ1) is 18.0. The van der Waals surface area contributed by atoms with Crippen molar-refractivity contribution in [1.82, 2.24) is 14.7 Å². The van der Waals surface area contributed by atoms with Gasteiger partial charge in [-0.1, -0.05) is 11.8 Å². The van der Waals surface area contributed by atoms with Gasteiger partial charge in [0.15, 0.2) is 11.9 Å². The molecule has 1 fully saturated rings. The molecule has 0 spiro atoms. The number of nitrogens with two attached hydrogens (primary N) is 1. The highest BCUT2D eigenvalue weighted by atomic mass is 19.1. The van der Waals surface area contributed by atoms with Gasteiger partial charge < -0.3 is 20.5 Å². The fourth-order valence-corrected chi connectivity index (χ4v) is 3.21. The summed E-state index contributed by atoms with van der Waals surface area (Å²) in [6, 6.07) is 6.11. The van der Waals surface area contributed by atoms with Crippen LogP contribution in [0.5, 0.6) is 5.75 Å². The number of fused-ring (bicyclic) bond motifs is 3. The van der Waals surface area contributed by atoms with Crippen molar-refractivity contribution in [3.05, 3.63) is 41.2 Å². The van der Waals surface area contributed by atoms with Crippen molar-refractivity contribution < 1.29 is 23.8 Å². The van der Waals surface area contributed by atoms with Crippen molar-refractivity contribution >= 4 is 11.8 Å². The smallest absolute Gasteiger partial charge is 0.269 e. The van der Waals surface area contributed by atoms with Crippen LogP contribution in [0.15, 0.2) is 24.3 Å². The number of hydrogen-bond donors (Lipinski definition) is 2. The second kappa shape index (κ2) is 6.35. The van der Waals surface area contributed by atoms with E-state index in [0.29, 0.717) is 23.5 Å². The minimum atomic E-state index is -1.72. The summed E-state index contributed by atoms with van der Waals surface area (Å²) in [5.41, 5.74) is 4.48. The normalized spacial score (nSPS) is 23.2. The van der Waals surface area contributed by atoms with Gasteiger partial charge in [0.1, 0.15) is 18.0 Å². The molecule has 0 radical (unpaired) electrons. The van der Waals surface area contributed by atoms with E-state index in [1.54, 1.807) is 25.2 Å². The van der Waals surface area contributed by atoms with Crippen LogP contribution >= 0.6 is 0 Å². The zero-order valence-corrected chi connectivity index (χ0v) is 15.0. The molecule has 8 nitrogen and oxygen atoms in total. The van der Waals surface area contributed by atoms with Crippen LogP contribution in [0.2, 0.25) is 0 Å². The number of primary amides is 1. The summed E-state index contributed by atoms with van der Waals surface area (Å²) >= 11 is 0. The van der Waals surface area contributed by atoms with Gasteiger partial charge in [-0.3, -0.25) is 9.59 Å². The number of likely N-dealkylation sites (tertiary alicyclic amines) is 1. The molecule has 28 heavy (non-hydrogen) atoms. The van der Waals surface area contributed by atoms with Gasteiger partial charge in [-0.15, -0.1) is 0 Å². The van der Waals surface area contributed by atoms with E-state index in [9.17, 15) is 19.1 Å². The number of likely N-dealkylation sites (N-methyl/N-ethyl adjacent to an activating group) is 1. The third-order valence-corrected chi connectivity index (χ3v) is 4.81. The van der Waals surface area contributed by atoms with E-state index in [2.05, 4.69) is 16.9 Å². The number of amides is 2. The number of halogens is 1. The number of benzene rings is 1. The van der Waals surface area contributed by atoms with Crippen LogP contribution < -0.4 is 10.5 Å². The number of rotatable bonds is 1. The van der Waals surface area contributed by atoms with E-state index < -0.39 is 23.6 Å². The van der Waals surface area contributed by atoms with E-state index in [-0.39, 0.29) is 24.4 Å². The highest BCUT2D eigenvalue weighted by molar-refractivity contribution is 5.91. The summed E-state index contributed by atoms with van der Waals surface area (Å²) < 4.78 is 21.2. The Morgan fingerprint density at radius 1 is 1.46 bits per heavy atom. The van der Waals surface area contributed by atoms with Gasteiger partial charge >= 0.3 is 0 Å². The van der Waals surface area contributed by atoms with Gasteiger partial charge in [-0.05, 0) is 24.3 Å². The maximum absolute atomic E-state index is 14.4. The number of carbonyl (C=O) groups excluding carboxylic acids is 2. The third-order valence-electron chi connectivity index (χ3n) is 4.81. The van der Waals surface area contributed by atoms with E-state index >= 15 is 0 Å². The molecule has 0 bridgehead atoms. The molecule has 2 aliphatic heterocycles. The van der Waals surface area contributed by atoms with Crippen molar-refractivity contribution in [2.75, 3.05) is 20.2 Å². The van der Waals surface area contributed by atoms with Crippen LogP contribution in [0, 0.1) is 11.8 Å². The van der Waals surface area contributed by atoms with Crippen LogP contribution in [0.3, 0.4) is 0 Å². The molecule has 2 amide bonds. The minimum Gasteiger partial charge on any atom is -0.488 e. The Kier molecular flexibility index (Phi) is 4.08. The van der Waals surface area contributed by atoms with Gasteiger partial charge in [-0.2, -0.15) is 5.10 Å². The summed E-state index contributed by atoms with van der Waals surface area (Å²) in [7, 11) is 1.60. The number of carbonyl (C=O) groups is 2. The molecule has 3 heterocycles. The number of ether oxygens (including phenoxy) is 1. The molecule has 1 aromatic heterocycles. The largest absolute Gasteiger partial charge is 0.488 e. The van der Waals surface area contributed by atoms with Crippen LogP contribution in [-0.2, 0) is 4.79 Å². The average molecular weight is 384 g/mol. The number of alkyl halides is 1. The van der Waals surface area contributed by atoms with E-state index in [1.807, 2.05) is 0 Å². The van der Waals surface area contributed by atoms with Crippen LogP contribution in [0.25, 0.3) is 5.69 Å². The Morgan fingerprint density at radius 3 is 2.93 bits per heavy atom. The molecule has 0 unspecified atom stereocenters. The Bertz CT molecular complexity index is 1050. The molecule has 1 saturated heterocycles. The highest BCUT2D eigenvalue weighted by Crippen LogP contribution is 2.33. The molecule has 2 aliphatic rings. The van der Waals surface area contributed by atoms with Crippen molar-refractivity contribution in [1.29, 1.82) is 0 Å². The van der Waals surface area contributed by atoms with Gasteiger partial charge in [0.25, 0.3) is 11.8 Å². The van der Waals surface area contributed by atoms with E-state index in [4.69, 9.17) is 10.5 Å². The molecule has 9 heteroatoms. The topological polar surface area (TPSA) is 111 Å². The second-order valence-electron chi connectivity index (χ2n) is 6.78. The molecule has 2 aromatic rings. The first-order chi connectivity index (χ1) is 13.3. The van der Waals surface area contributed by atoms with Gasteiger partial charge in [-0.25, -0.2) is 9.07 Å². The number of aliphatic hydroxyl groups is 1. The molecule has 0 saturated carbocycles. The highest BCUT2D eigenvalue weighted by Gasteiger charge is 2.42. The third kappa shape index (κ3) is 2.88. The fourth-order valence-electron chi connectivity index (χ4n) is 3.21. The standard InChI is InChI=1S/C19H17FN4O4/c1-23-7-6-19(27,18(23)26)5-4-11-2-3-16-15(8-11)24-14(12(20)10-28-16)9-13(22-24)17(21)25/h2-3,8-9,12,27H,6-7,10H2,1H3,(H2,21,25)/t12-,19-/m0/s1. The Labute approximate surface area is 159 Å². The van der Waals surface area contributed by atoms with Crippen LogP contribution in [-0.4, -0.2) is 57.4 Å². The van der Waals surface area contributed by atoms with Gasteiger partial charge in [0.05, 0.1) is 5.69 Å². The monoisotopic (exact) mass is 384 g/mol. The van der Waals surface area contributed by atoms with Crippen molar-refractivity contribution in [2.24, 2.45) is 5.73 Å². The fraction of sp³-hybridized carbons (Fsp3) is 0.316. The zero-order valence-electron chi connectivity index (χ0n) is 15.0. The van der Waals surface area contributed by atoms with Crippen LogP contribution in [0.1, 0.15) is 34.3 Å². The summed E-state index contributed by atoms with van der Waals surface area (Å²) in [5.74, 6) is 4.57. The lowest BCUT2D eigenvalue weighted by atomic mass is 10.0. The maximum Gasteiger partial charge on any atom is 0.269 e. The number of nitrogens with zero attached hydrogens (tertiary/aromatic N) is 3. The minimum absolute atomic E-state index is 0.0594. The van der Waals surface area contributed by atoms with Crippen LogP contribution in [0.4, 0.5) is 4.39 Å². The van der Waals surface area contributed by atoms with Gasteiger partial charge in [0, 0.05) is 25.6 Å². The quantitative estimate of drug-likeness (QED) is 0.688. The Morgan fingerprint density at radius 2 is 2.25 bits per heavy atom. The molecular weight excluding hydrogens is 367 g/mol. The summed E-state index contributed by atoms with van der Waals surface area (Å²) in [5, 5.41) is 14.5. The molecule has 1 aromatic carbocycles. The Hall–Kier alpha value is -3.38. The lowest BCUT2D eigenvalue weighted by Crippen LogP contribution is -2.37. The average Bonchev–Trinajstić information content (AvgIpc) is 3.20. The van der Waals surface area contributed by atoms with E-state index in [0.717, 1.165) is 0 Å². The van der Waals surface area contributed by atoms with Crippen molar-refractivity contribution in [3.63, 3.8) is 0 Å². The molecule has 0 aliphatic carbocycles. The lowest BCUT2D eigenvalue weighted by molar-refractivity contribution is -0.137. The predicted octanol–water partition coefficient (Wildman–Crippen LogP) is 0.319. The molecule has 144 valence electrons. The summed E-state index contributed by atoms with van der Waals surface area (Å²) in [6.07, 6.45) is -1.27. The molecule has 3 N–H and O–H groups in total. The molecule has 4 rings (SSSR count).